The van der Waals surface area contributed by atoms with E-state index in [1.54, 1.807) is 6.92 Å². The summed E-state index contributed by atoms with van der Waals surface area (Å²) in [6.45, 7) is 9.22. The summed E-state index contributed by atoms with van der Waals surface area (Å²) in [5, 5.41) is 2.90. The van der Waals surface area contributed by atoms with E-state index in [1.165, 1.54) is 26.9 Å². The van der Waals surface area contributed by atoms with Crippen molar-refractivity contribution in [3.05, 3.63) is 22.5 Å². The molecular formula is C20H31N3O4. The van der Waals surface area contributed by atoms with Crippen molar-refractivity contribution in [3.8, 4) is 0 Å². The lowest BCUT2D eigenvalue weighted by Gasteiger charge is -2.30. The SMILES string of the molecule is COC(=O)c1c(CC(=O)NCCCN2CCCC(C)C2)[nH]c(C(C)=O)c1C. The number of ketones is 1. The average Bonchev–Trinajstić information content (AvgIpc) is 2.94. The molecule has 1 unspecified atom stereocenters. The number of piperidine rings is 1. The zero-order valence-electron chi connectivity index (χ0n) is 16.8. The van der Waals surface area contributed by atoms with Gasteiger partial charge in [0.15, 0.2) is 5.78 Å². The topological polar surface area (TPSA) is 91.5 Å². The van der Waals surface area contributed by atoms with Crippen molar-refractivity contribution in [1.82, 2.24) is 15.2 Å². The largest absolute Gasteiger partial charge is 0.465 e. The highest BCUT2D eigenvalue weighted by Crippen LogP contribution is 2.20. The Morgan fingerprint density at radius 2 is 2.07 bits per heavy atom. The van der Waals surface area contributed by atoms with Crippen LogP contribution in [-0.2, 0) is 16.0 Å². The number of nitrogens with one attached hydrogen (secondary N) is 2. The first kappa shape index (κ1) is 21.2. The number of carbonyl (C=O) groups excluding carboxylic acids is 3. The molecule has 27 heavy (non-hydrogen) atoms. The molecule has 1 aliphatic heterocycles. The number of nitrogens with zero attached hydrogens (tertiary/aromatic N) is 1. The van der Waals surface area contributed by atoms with E-state index in [1.807, 2.05) is 0 Å². The van der Waals surface area contributed by atoms with Gasteiger partial charge >= 0.3 is 5.97 Å². The molecule has 7 nitrogen and oxygen atoms in total. The van der Waals surface area contributed by atoms with Crippen LogP contribution in [-0.4, -0.2) is 60.8 Å². The van der Waals surface area contributed by atoms with Gasteiger partial charge in [-0.3, -0.25) is 9.59 Å². The van der Waals surface area contributed by atoms with Gasteiger partial charge in [0, 0.05) is 25.7 Å². The van der Waals surface area contributed by atoms with Crippen LogP contribution in [0.2, 0.25) is 0 Å². The number of hydrogen-bond donors (Lipinski definition) is 2. The molecule has 0 aliphatic carbocycles. The minimum atomic E-state index is -0.543. The maximum absolute atomic E-state index is 12.3. The number of carbonyl (C=O) groups is 3. The van der Waals surface area contributed by atoms with Crippen LogP contribution in [0.15, 0.2) is 0 Å². The zero-order chi connectivity index (χ0) is 20.0. The fourth-order valence-electron chi connectivity index (χ4n) is 3.76. The number of H-pyrrole nitrogens is 1. The molecule has 1 saturated heterocycles. The van der Waals surface area contributed by atoms with Gasteiger partial charge in [-0.15, -0.1) is 0 Å². The summed E-state index contributed by atoms with van der Waals surface area (Å²) in [6.07, 6.45) is 3.45. The van der Waals surface area contributed by atoms with Gasteiger partial charge in [0.2, 0.25) is 5.91 Å². The van der Waals surface area contributed by atoms with E-state index >= 15 is 0 Å². The molecule has 1 aromatic rings. The minimum absolute atomic E-state index is 0.0132. The Bertz CT molecular complexity index is 696. The fourth-order valence-corrected chi connectivity index (χ4v) is 3.76. The Labute approximate surface area is 160 Å². The Hall–Kier alpha value is -2.15. The van der Waals surface area contributed by atoms with Crippen molar-refractivity contribution in [2.75, 3.05) is 33.3 Å². The number of esters is 1. The molecular weight excluding hydrogens is 346 g/mol. The molecule has 1 aromatic heterocycles. The van der Waals surface area contributed by atoms with Crippen molar-refractivity contribution < 1.29 is 19.1 Å². The first-order chi connectivity index (χ1) is 12.8. The molecule has 0 aromatic carbocycles. The third-order valence-corrected chi connectivity index (χ3v) is 5.12. The van der Waals surface area contributed by atoms with Crippen molar-refractivity contribution >= 4 is 17.7 Å². The van der Waals surface area contributed by atoms with Crippen LogP contribution in [0.5, 0.6) is 0 Å². The van der Waals surface area contributed by atoms with Crippen molar-refractivity contribution in [1.29, 1.82) is 0 Å². The zero-order valence-corrected chi connectivity index (χ0v) is 16.8. The van der Waals surface area contributed by atoms with Gasteiger partial charge < -0.3 is 19.9 Å². The molecule has 150 valence electrons. The van der Waals surface area contributed by atoms with Crippen molar-refractivity contribution in [2.45, 2.75) is 46.5 Å². The number of rotatable bonds is 8. The third-order valence-electron chi connectivity index (χ3n) is 5.12. The van der Waals surface area contributed by atoms with Gasteiger partial charge in [0.1, 0.15) is 0 Å². The number of aromatic nitrogens is 1. The molecule has 0 saturated carbocycles. The first-order valence-electron chi connectivity index (χ1n) is 9.63. The molecule has 0 spiro atoms. The average molecular weight is 377 g/mol. The lowest BCUT2D eigenvalue weighted by Crippen LogP contribution is -2.36. The second-order valence-corrected chi connectivity index (χ2v) is 7.45. The normalized spacial score (nSPS) is 17.6. The number of methoxy groups -OCH3 is 1. The van der Waals surface area contributed by atoms with Crippen LogP contribution in [0, 0.1) is 12.8 Å². The quantitative estimate of drug-likeness (QED) is 0.411. The second-order valence-electron chi connectivity index (χ2n) is 7.45. The van der Waals surface area contributed by atoms with Crippen LogP contribution in [0.3, 0.4) is 0 Å². The van der Waals surface area contributed by atoms with Gasteiger partial charge in [-0.05, 0) is 50.8 Å². The smallest absolute Gasteiger partial charge is 0.339 e. The molecule has 2 heterocycles. The molecule has 0 radical (unpaired) electrons. The first-order valence-corrected chi connectivity index (χ1v) is 9.63. The molecule has 2 rings (SSSR count). The summed E-state index contributed by atoms with van der Waals surface area (Å²) in [5.74, 6) is -0.154. The summed E-state index contributed by atoms with van der Waals surface area (Å²) in [6, 6.07) is 0. The fraction of sp³-hybridized carbons (Fsp3) is 0.650. The summed E-state index contributed by atoms with van der Waals surface area (Å²) in [5.41, 5.74) is 1.57. The monoisotopic (exact) mass is 377 g/mol. The van der Waals surface area contributed by atoms with Crippen molar-refractivity contribution in [3.63, 3.8) is 0 Å². The molecule has 1 amide bonds. The Morgan fingerprint density at radius 3 is 2.70 bits per heavy atom. The number of ether oxygens (including phenoxy) is 1. The summed E-state index contributed by atoms with van der Waals surface area (Å²) in [4.78, 5) is 41.4. The van der Waals surface area contributed by atoms with Crippen LogP contribution >= 0.6 is 0 Å². The van der Waals surface area contributed by atoms with E-state index in [0.717, 1.165) is 32.0 Å². The second kappa shape index (κ2) is 9.69. The Kier molecular flexibility index (Phi) is 7.59. The highest BCUT2D eigenvalue weighted by Gasteiger charge is 2.24. The van der Waals surface area contributed by atoms with Crippen LogP contribution in [0.4, 0.5) is 0 Å². The van der Waals surface area contributed by atoms with Gasteiger partial charge in [-0.25, -0.2) is 4.79 Å². The number of amides is 1. The molecule has 7 heteroatoms. The Morgan fingerprint density at radius 1 is 1.33 bits per heavy atom. The predicted octanol–water partition coefficient (Wildman–Crippen LogP) is 2.09. The lowest BCUT2D eigenvalue weighted by molar-refractivity contribution is -0.120. The number of likely N-dealkylation sites (tertiary alicyclic amines) is 1. The number of aromatic amines is 1. The third kappa shape index (κ3) is 5.66. The lowest BCUT2D eigenvalue weighted by atomic mass is 10.0. The van der Waals surface area contributed by atoms with Crippen LogP contribution in [0.25, 0.3) is 0 Å². The highest BCUT2D eigenvalue weighted by molar-refractivity contribution is 6.01. The molecule has 0 bridgehead atoms. The maximum atomic E-state index is 12.3. The van der Waals surface area contributed by atoms with Gasteiger partial charge in [-0.2, -0.15) is 0 Å². The van der Waals surface area contributed by atoms with E-state index in [0.29, 0.717) is 23.5 Å². The van der Waals surface area contributed by atoms with E-state index < -0.39 is 5.97 Å². The molecule has 1 aliphatic rings. The van der Waals surface area contributed by atoms with Gasteiger partial charge in [0.25, 0.3) is 0 Å². The highest BCUT2D eigenvalue weighted by atomic mass is 16.5. The Balaban J connectivity index is 1.88. The summed E-state index contributed by atoms with van der Waals surface area (Å²) >= 11 is 0. The van der Waals surface area contributed by atoms with E-state index in [9.17, 15) is 14.4 Å². The minimum Gasteiger partial charge on any atom is -0.465 e. The van der Waals surface area contributed by atoms with Crippen LogP contribution in [0.1, 0.15) is 65.2 Å². The van der Waals surface area contributed by atoms with Gasteiger partial charge in [0.05, 0.1) is 24.8 Å². The van der Waals surface area contributed by atoms with Crippen molar-refractivity contribution in [2.24, 2.45) is 5.92 Å². The van der Waals surface area contributed by atoms with E-state index in [2.05, 4.69) is 22.1 Å². The summed E-state index contributed by atoms with van der Waals surface area (Å²) in [7, 11) is 1.29. The molecule has 1 atom stereocenters. The van der Waals surface area contributed by atoms with Crippen LogP contribution < -0.4 is 5.32 Å². The maximum Gasteiger partial charge on any atom is 0.339 e. The summed E-state index contributed by atoms with van der Waals surface area (Å²) < 4.78 is 4.80. The van der Waals surface area contributed by atoms with Gasteiger partial charge in [-0.1, -0.05) is 6.92 Å². The number of hydrogen-bond acceptors (Lipinski definition) is 5. The predicted molar refractivity (Wildman–Crippen MR) is 103 cm³/mol. The van der Waals surface area contributed by atoms with E-state index in [-0.39, 0.29) is 23.7 Å². The van der Waals surface area contributed by atoms with E-state index in [4.69, 9.17) is 4.74 Å². The number of Topliss-reactive ketones (excluding diaryl/α,β-unsaturated/α-hetero) is 1. The molecule has 1 fully saturated rings. The standard InChI is InChI=1S/C20H31N3O4/c1-13-7-5-9-23(12-13)10-6-8-21-17(25)11-16-18(20(26)27-4)14(2)19(22-16)15(3)24/h13,22H,5-12H2,1-4H3,(H,21,25). The molecule has 2 N–H and O–H groups in total.